The largest absolute Gasteiger partial charge is 0.212 e. The van der Waals surface area contributed by atoms with Crippen molar-refractivity contribution in [2.75, 3.05) is 7.05 Å². The summed E-state index contributed by atoms with van der Waals surface area (Å²) >= 11 is 0. The Morgan fingerprint density at radius 1 is 1.56 bits per heavy atom. The van der Waals surface area contributed by atoms with E-state index in [0.717, 1.165) is 5.57 Å². The van der Waals surface area contributed by atoms with Crippen LogP contribution in [0.4, 0.5) is 0 Å². The zero-order valence-electron chi connectivity index (χ0n) is 6.39. The highest BCUT2D eigenvalue weighted by Crippen LogP contribution is 1.87. The molecule has 0 saturated heterocycles. The molecule has 1 nitrogen and oxygen atoms in total. The molecule has 0 N–H and O–H groups in total. The van der Waals surface area contributed by atoms with Gasteiger partial charge in [-0.1, -0.05) is 12.2 Å². The fourth-order valence-electron chi connectivity index (χ4n) is 0.331. The van der Waals surface area contributed by atoms with Crippen molar-refractivity contribution in [3.8, 4) is 0 Å². The predicted molar refractivity (Wildman–Crippen MR) is 41.9 cm³/mol. The van der Waals surface area contributed by atoms with E-state index in [1.165, 1.54) is 0 Å². The molecule has 50 valence electrons. The third kappa shape index (κ3) is 5.01. The zero-order chi connectivity index (χ0) is 7.28. The maximum atomic E-state index is 3.73. The zero-order valence-corrected chi connectivity index (χ0v) is 6.39. The van der Waals surface area contributed by atoms with Gasteiger partial charge in [-0.25, -0.2) is 4.58 Å². The molecule has 0 aromatic carbocycles. The Labute approximate surface area is 57.0 Å². The Hall–Kier alpha value is -0.850. The van der Waals surface area contributed by atoms with Crippen LogP contribution in [0.1, 0.15) is 13.8 Å². The summed E-state index contributed by atoms with van der Waals surface area (Å²) in [4.78, 5) is 0. The van der Waals surface area contributed by atoms with E-state index < -0.39 is 0 Å². The topological polar surface area (TPSA) is 3.01 Å². The Bertz CT molecular complexity index is 152. The number of rotatable bonds is 2. The van der Waals surface area contributed by atoms with Gasteiger partial charge in [0.1, 0.15) is 13.3 Å². The fraction of sp³-hybridized carbons (Fsp3) is 0.375. The smallest absolute Gasteiger partial charge is 0.168 e. The first-order chi connectivity index (χ1) is 4.16. The van der Waals surface area contributed by atoms with Gasteiger partial charge in [0, 0.05) is 13.0 Å². The highest BCUT2D eigenvalue weighted by atomic mass is 14.9. The van der Waals surface area contributed by atoms with Crippen LogP contribution in [0, 0.1) is 0 Å². The van der Waals surface area contributed by atoms with Gasteiger partial charge in [-0.2, -0.15) is 0 Å². The van der Waals surface area contributed by atoms with Crippen LogP contribution in [-0.2, 0) is 0 Å². The molecule has 0 rings (SSSR count). The van der Waals surface area contributed by atoms with Crippen molar-refractivity contribution in [1.29, 1.82) is 0 Å². The second-order valence-electron chi connectivity index (χ2n) is 2.09. The minimum atomic E-state index is 1.07. The van der Waals surface area contributed by atoms with Crippen LogP contribution >= 0.6 is 0 Å². The Morgan fingerprint density at radius 2 is 2.11 bits per heavy atom. The third-order valence-electron chi connectivity index (χ3n) is 1.00. The lowest BCUT2D eigenvalue weighted by atomic mass is 10.3. The number of hydrogen-bond acceptors (Lipinski definition) is 0. The van der Waals surface area contributed by atoms with Crippen molar-refractivity contribution >= 4 is 6.21 Å². The van der Waals surface area contributed by atoms with Gasteiger partial charge in [-0.15, -0.1) is 0 Å². The minimum absolute atomic E-state index is 1.07. The van der Waals surface area contributed by atoms with Gasteiger partial charge in [0.25, 0.3) is 0 Å². The van der Waals surface area contributed by atoms with Crippen LogP contribution in [0.15, 0.2) is 24.4 Å². The summed E-state index contributed by atoms with van der Waals surface area (Å²) in [7, 11) is 1.99. The molecular formula is C8H14N+. The maximum Gasteiger partial charge on any atom is 0.168 e. The molecule has 0 saturated carbocycles. The lowest BCUT2D eigenvalue weighted by Crippen LogP contribution is -1.93. The molecule has 9 heavy (non-hydrogen) atoms. The first kappa shape index (κ1) is 8.15. The van der Waals surface area contributed by atoms with E-state index in [-0.39, 0.29) is 0 Å². The van der Waals surface area contributed by atoms with Crippen LogP contribution in [-0.4, -0.2) is 17.8 Å². The standard InChI is InChI=1S/C8H14N/c1-5-9(4)7-6-8(2)3/h5-7H,2H2,1,3-4H3/q+1/b7-6-,9-5?. The Kier molecular flexibility index (Phi) is 3.69. The molecule has 0 bridgehead atoms. The molecule has 0 atom stereocenters. The quantitative estimate of drug-likeness (QED) is 0.300. The average Bonchev–Trinajstić information content (AvgIpc) is 1.83. The first-order valence-electron chi connectivity index (χ1n) is 3.02. The van der Waals surface area contributed by atoms with E-state index in [0.29, 0.717) is 0 Å². The number of nitrogens with zero attached hydrogens (tertiary/aromatic N) is 1. The second-order valence-corrected chi connectivity index (χ2v) is 2.09. The SMILES string of the molecule is C=C(C)/C=C\[N+](C)=CC. The van der Waals surface area contributed by atoms with Gasteiger partial charge < -0.3 is 0 Å². The maximum absolute atomic E-state index is 3.73. The monoisotopic (exact) mass is 124 g/mol. The van der Waals surface area contributed by atoms with E-state index in [2.05, 4.69) is 6.58 Å². The Balaban J connectivity index is 3.86. The molecule has 0 heterocycles. The lowest BCUT2D eigenvalue weighted by Gasteiger charge is -1.83. The average molecular weight is 124 g/mol. The molecule has 0 aliphatic rings. The molecule has 0 aliphatic heterocycles. The van der Waals surface area contributed by atoms with Crippen LogP contribution in [0.25, 0.3) is 0 Å². The van der Waals surface area contributed by atoms with Crippen molar-refractivity contribution in [2.45, 2.75) is 13.8 Å². The highest BCUT2D eigenvalue weighted by molar-refractivity contribution is 5.47. The van der Waals surface area contributed by atoms with Crippen molar-refractivity contribution < 1.29 is 4.58 Å². The van der Waals surface area contributed by atoms with E-state index in [1.807, 2.05) is 44.0 Å². The molecule has 0 aromatic rings. The summed E-state index contributed by atoms with van der Waals surface area (Å²) in [6.45, 7) is 7.70. The van der Waals surface area contributed by atoms with E-state index in [1.54, 1.807) is 0 Å². The lowest BCUT2D eigenvalue weighted by molar-refractivity contribution is -0.417. The molecular weight excluding hydrogens is 110 g/mol. The number of allylic oxidation sites excluding steroid dienone is 2. The predicted octanol–water partition coefficient (Wildman–Crippen LogP) is 1.81. The number of hydrogen-bond donors (Lipinski definition) is 0. The summed E-state index contributed by atoms with van der Waals surface area (Å²) in [6.07, 6.45) is 5.93. The van der Waals surface area contributed by atoms with Gasteiger partial charge in [0.15, 0.2) is 6.20 Å². The van der Waals surface area contributed by atoms with E-state index in [9.17, 15) is 0 Å². The summed E-state index contributed by atoms with van der Waals surface area (Å²) in [5.41, 5.74) is 1.07. The van der Waals surface area contributed by atoms with Gasteiger partial charge in [0.2, 0.25) is 0 Å². The van der Waals surface area contributed by atoms with Crippen molar-refractivity contribution in [1.82, 2.24) is 0 Å². The summed E-state index contributed by atoms with van der Waals surface area (Å²) in [5.74, 6) is 0. The van der Waals surface area contributed by atoms with Crippen LogP contribution < -0.4 is 0 Å². The second kappa shape index (κ2) is 4.07. The van der Waals surface area contributed by atoms with Gasteiger partial charge in [0.05, 0.1) is 0 Å². The van der Waals surface area contributed by atoms with Gasteiger partial charge in [-0.05, 0) is 6.92 Å². The highest BCUT2D eigenvalue weighted by Gasteiger charge is 1.81. The molecule has 0 aliphatic carbocycles. The normalized spacial score (nSPS) is 12.6. The van der Waals surface area contributed by atoms with Crippen LogP contribution in [0.5, 0.6) is 0 Å². The Morgan fingerprint density at radius 3 is 2.44 bits per heavy atom. The molecule has 0 amide bonds. The minimum Gasteiger partial charge on any atom is -0.212 e. The summed E-state index contributed by atoms with van der Waals surface area (Å²) < 4.78 is 1.98. The first-order valence-corrected chi connectivity index (χ1v) is 3.02. The van der Waals surface area contributed by atoms with Crippen molar-refractivity contribution in [3.63, 3.8) is 0 Å². The van der Waals surface area contributed by atoms with E-state index >= 15 is 0 Å². The molecule has 0 fully saturated rings. The third-order valence-corrected chi connectivity index (χ3v) is 1.00. The van der Waals surface area contributed by atoms with E-state index in [4.69, 9.17) is 0 Å². The van der Waals surface area contributed by atoms with Crippen LogP contribution in [0.3, 0.4) is 0 Å². The molecule has 0 aromatic heterocycles. The van der Waals surface area contributed by atoms with Crippen molar-refractivity contribution in [3.05, 3.63) is 24.4 Å². The van der Waals surface area contributed by atoms with Crippen LogP contribution in [0.2, 0.25) is 0 Å². The fourth-order valence-corrected chi connectivity index (χ4v) is 0.331. The molecule has 0 radical (unpaired) electrons. The summed E-state index contributed by atoms with van der Waals surface area (Å²) in [6, 6.07) is 0. The molecule has 0 spiro atoms. The van der Waals surface area contributed by atoms with Gasteiger partial charge in [-0.3, -0.25) is 0 Å². The van der Waals surface area contributed by atoms with Gasteiger partial charge >= 0.3 is 0 Å². The van der Waals surface area contributed by atoms with Crippen molar-refractivity contribution in [2.24, 2.45) is 0 Å². The molecule has 1 heteroatoms. The summed E-state index contributed by atoms with van der Waals surface area (Å²) in [5, 5.41) is 0. The molecule has 0 unspecified atom stereocenters.